The molecule has 2 aliphatic rings. The monoisotopic (exact) mass is 268 g/mol. The maximum Gasteiger partial charge on any atom is 0.239 e. The molecule has 2 rings (SSSR count). The van der Waals surface area contributed by atoms with Gasteiger partial charge in [-0.25, -0.2) is 0 Å². The van der Waals surface area contributed by atoms with Gasteiger partial charge in [0.05, 0.1) is 12.1 Å². The van der Waals surface area contributed by atoms with Gasteiger partial charge in [-0.15, -0.1) is 0 Å². The Labute approximate surface area is 116 Å². The maximum atomic E-state index is 12.7. The molecule has 0 radical (unpaired) electrons. The molecule has 4 nitrogen and oxygen atoms in total. The van der Waals surface area contributed by atoms with Gasteiger partial charge in [-0.05, 0) is 46.6 Å². The highest BCUT2D eigenvalue weighted by Gasteiger charge is 2.36. The van der Waals surface area contributed by atoms with Gasteiger partial charge in [0.2, 0.25) is 5.91 Å². The van der Waals surface area contributed by atoms with Crippen LogP contribution in [0.1, 0.15) is 46.5 Å². The lowest BCUT2D eigenvalue weighted by Crippen LogP contribution is -2.52. The van der Waals surface area contributed by atoms with E-state index in [2.05, 4.69) is 18.7 Å². The van der Waals surface area contributed by atoms with E-state index in [1.165, 1.54) is 6.42 Å². The van der Waals surface area contributed by atoms with Crippen LogP contribution in [0.5, 0.6) is 0 Å². The molecule has 0 aromatic carbocycles. The molecule has 0 saturated carbocycles. The molecule has 1 N–H and O–H groups in total. The Morgan fingerprint density at radius 3 is 2.47 bits per heavy atom. The van der Waals surface area contributed by atoms with Crippen LogP contribution < -0.4 is 0 Å². The molecule has 2 heterocycles. The molecule has 3 unspecified atom stereocenters. The molecule has 2 saturated heterocycles. The lowest BCUT2D eigenvalue weighted by atomic mass is 9.99. The van der Waals surface area contributed by atoms with E-state index in [1.54, 1.807) is 0 Å². The molecule has 4 heteroatoms. The third-order valence-corrected chi connectivity index (χ3v) is 4.71. The minimum atomic E-state index is -0.301. The van der Waals surface area contributed by atoms with Crippen molar-refractivity contribution in [3.05, 3.63) is 0 Å². The van der Waals surface area contributed by atoms with Gasteiger partial charge >= 0.3 is 0 Å². The lowest BCUT2D eigenvalue weighted by Gasteiger charge is -2.39. The van der Waals surface area contributed by atoms with Gasteiger partial charge in [-0.1, -0.05) is 6.42 Å². The summed E-state index contributed by atoms with van der Waals surface area (Å²) < 4.78 is 0. The summed E-state index contributed by atoms with van der Waals surface area (Å²) in [5.74, 6) is 0.552. The highest BCUT2D eigenvalue weighted by molar-refractivity contribution is 5.82. The topological polar surface area (TPSA) is 43.8 Å². The molecule has 0 bridgehead atoms. The number of aliphatic hydroxyl groups is 1. The molecule has 1 amide bonds. The Morgan fingerprint density at radius 2 is 1.89 bits per heavy atom. The quantitative estimate of drug-likeness (QED) is 0.843. The van der Waals surface area contributed by atoms with Gasteiger partial charge in [0.15, 0.2) is 0 Å². The summed E-state index contributed by atoms with van der Waals surface area (Å²) in [7, 11) is 0. The molecule has 0 aliphatic carbocycles. The number of hydrogen-bond acceptors (Lipinski definition) is 3. The van der Waals surface area contributed by atoms with E-state index in [9.17, 15) is 9.90 Å². The Kier molecular flexibility index (Phi) is 4.85. The Bertz CT molecular complexity index is 317. The number of carbonyl (C=O) groups is 1. The predicted octanol–water partition coefficient (Wildman–Crippen LogP) is 1.48. The standard InChI is InChI=1S/C15H28N2O2/c1-11(2)17-8-5-4-6-14(17)15(19)16-9-7-13(10-16)12(3)18/h11-14,18H,4-10H2,1-3H3. The molecule has 0 aromatic heterocycles. The molecule has 2 fully saturated rings. The zero-order valence-corrected chi connectivity index (χ0v) is 12.5. The summed E-state index contributed by atoms with van der Waals surface area (Å²) in [5.41, 5.74) is 0. The Balaban J connectivity index is 1.98. The zero-order valence-electron chi connectivity index (χ0n) is 12.5. The first kappa shape index (κ1) is 14.8. The largest absolute Gasteiger partial charge is 0.393 e. The third kappa shape index (κ3) is 3.29. The number of nitrogens with zero attached hydrogens (tertiary/aromatic N) is 2. The predicted molar refractivity (Wildman–Crippen MR) is 75.8 cm³/mol. The van der Waals surface area contributed by atoms with Gasteiger partial charge < -0.3 is 10.0 Å². The van der Waals surface area contributed by atoms with E-state index in [4.69, 9.17) is 0 Å². The van der Waals surface area contributed by atoms with Crippen molar-refractivity contribution in [3.8, 4) is 0 Å². The van der Waals surface area contributed by atoms with Crippen molar-refractivity contribution >= 4 is 5.91 Å². The Morgan fingerprint density at radius 1 is 1.16 bits per heavy atom. The second-order valence-electron chi connectivity index (χ2n) is 6.42. The van der Waals surface area contributed by atoms with E-state index < -0.39 is 0 Å². The summed E-state index contributed by atoms with van der Waals surface area (Å²) in [6.45, 7) is 8.78. The van der Waals surface area contributed by atoms with Gasteiger partial charge in [0.1, 0.15) is 0 Å². The summed E-state index contributed by atoms with van der Waals surface area (Å²) >= 11 is 0. The van der Waals surface area contributed by atoms with Crippen LogP contribution in [0.4, 0.5) is 0 Å². The van der Waals surface area contributed by atoms with Crippen LogP contribution in [-0.4, -0.2) is 58.6 Å². The van der Waals surface area contributed by atoms with E-state index in [1.807, 2.05) is 11.8 Å². The highest BCUT2D eigenvalue weighted by Crippen LogP contribution is 2.25. The lowest BCUT2D eigenvalue weighted by molar-refractivity contribution is -0.138. The van der Waals surface area contributed by atoms with Gasteiger partial charge in [0.25, 0.3) is 0 Å². The van der Waals surface area contributed by atoms with Gasteiger partial charge in [-0.2, -0.15) is 0 Å². The number of likely N-dealkylation sites (tertiary alicyclic amines) is 2. The zero-order chi connectivity index (χ0) is 14.0. The van der Waals surface area contributed by atoms with Crippen LogP contribution in [0.15, 0.2) is 0 Å². The van der Waals surface area contributed by atoms with Crippen molar-refractivity contribution in [1.29, 1.82) is 0 Å². The highest BCUT2D eigenvalue weighted by atomic mass is 16.3. The number of piperidine rings is 1. The molecule has 3 atom stereocenters. The minimum Gasteiger partial charge on any atom is -0.393 e. The molecule has 110 valence electrons. The molecule has 2 aliphatic heterocycles. The van der Waals surface area contributed by atoms with Crippen LogP contribution >= 0.6 is 0 Å². The number of amides is 1. The van der Waals surface area contributed by atoms with Crippen molar-refractivity contribution in [2.45, 2.75) is 64.6 Å². The summed E-state index contributed by atoms with van der Waals surface area (Å²) in [6.07, 6.45) is 4.00. The van der Waals surface area contributed by atoms with Crippen molar-refractivity contribution in [3.63, 3.8) is 0 Å². The van der Waals surface area contributed by atoms with E-state index in [0.717, 1.165) is 38.9 Å². The molecular weight excluding hydrogens is 240 g/mol. The number of carbonyl (C=O) groups excluding carboxylic acids is 1. The van der Waals surface area contributed by atoms with Crippen LogP contribution in [0, 0.1) is 5.92 Å². The molecule has 0 aromatic rings. The number of rotatable bonds is 3. The summed E-state index contributed by atoms with van der Waals surface area (Å²) in [5, 5.41) is 9.65. The van der Waals surface area contributed by atoms with Crippen molar-refractivity contribution in [2.24, 2.45) is 5.92 Å². The van der Waals surface area contributed by atoms with Crippen LogP contribution in [-0.2, 0) is 4.79 Å². The van der Waals surface area contributed by atoms with E-state index >= 15 is 0 Å². The van der Waals surface area contributed by atoms with Crippen molar-refractivity contribution < 1.29 is 9.90 Å². The first-order chi connectivity index (χ1) is 9.00. The second kappa shape index (κ2) is 6.23. The van der Waals surface area contributed by atoms with E-state index in [0.29, 0.717) is 6.04 Å². The fourth-order valence-corrected chi connectivity index (χ4v) is 3.43. The summed E-state index contributed by atoms with van der Waals surface area (Å²) in [4.78, 5) is 17.0. The smallest absolute Gasteiger partial charge is 0.239 e. The van der Waals surface area contributed by atoms with Crippen LogP contribution in [0.3, 0.4) is 0 Å². The van der Waals surface area contributed by atoms with Crippen LogP contribution in [0.2, 0.25) is 0 Å². The second-order valence-corrected chi connectivity index (χ2v) is 6.42. The number of aliphatic hydroxyl groups excluding tert-OH is 1. The first-order valence-corrected chi connectivity index (χ1v) is 7.73. The SMILES string of the molecule is CC(O)C1CCN(C(=O)C2CCCCN2C(C)C)C1. The average molecular weight is 268 g/mol. The van der Waals surface area contributed by atoms with Crippen molar-refractivity contribution in [2.75, 3.05) is 19.6 Å². The molecule has 19 heavy (non-hydrogen) atoms. The fraction of sp³-hybridized carbons (Fsp3) is 0.933. The van der Waals surface area contributed by atoms with Gasteiger partial charge in [-0.3, -0.25) is 9.69 Å². The third-order valence-electron chi connectivity index (χ3n) is 4.71. The summed E-state index contributed by atoms with van der Waals surface area (Å²) in [6, 6.07) is 0.505. The average Bonchev–Trinajstić information content (AvgIpc) is 2.87. The fourth-order valence-electron chi connectivity index (χ4n) is 3.43. The first-order valence-electron chi connectivity index (χ1n) is 7.73. The van der Waals surface area contributed by atoms with Crippen molar-refractivity contribution in [1.82, 2.24) is 9.80 Å². The van der Waals surface area contributed by atoms with Crippen LogP contribution in [0.25, 0.3) is 0 Å². The molecule has 0 spiro atoms. The van der Waals surface area contributed by atoms with E-state index in [-0.39, 0.29) is 24.0 Å². The number of hydrogen-bond donors (Lipinski definition) is 1. The normalized spacial score (nSPS) is 30.9. The maximum absolute atomic E-state index is 12.7. The Hall–Kier alpha value is -0.610. The minimum absolute atomic E-state index is 0.0708. The molecular formula is C15H28N2O2. The van der Waals surface area contributed by atoms with Gasteiger partial charge in [0, 0.05) is 25.0 Å².